The summed E-state index contributed by atoms with van der Waals surface area (Å²) in [6.45, 7) is 5.27. The number of rotatable bonds is 3. The molecule has 0 aliphatic carbocycles. The maximum atomic E-state index is 12.1. The van der Waals surface area contributed by atoms with Crippen molar-refractivity contribution in [3.05, 3.63) is 29.8 Å². The topological polar surface area (TPSA) is 46.3 Å². The Morgan fingerprint density at radius 2 is 2.00 bits per heavy atom. The lowest BCUT2D eigenvalue weighted by molar-refractivity contribution is -0.131. The number of aryl methyl sites for hydroxylation is 1. The predicted molar refractivity (Wildman–Crippen MR) is 74.1 cm³/mol. The monoisotopic (exact) mass is 246 g/mol. The summed E-state index contributed by atoms with van der Waals surface area (Å²) in [5.74, 6) is 0.921. The lowest BCUT2D eigenvalue weighted by Gasteiger charge is -2.21. The fraction of sp³-hybridized carbons (Fsp3) is 0.533. The van der Waals surface area contributed by atoms with Crippen LogP contribution in [-0.2, 0) is 11.2 Å². The fourth-order valence-corrected chi connectivity index (χ4v) is 2.73. The van der Waals surface area contributed by atoms with Crippen molar-refractivity contribution in [3.63, 3.8) is 0 Å². The van der Waals surface area contributed by atoms with Crippen LogP contribution in [0, 0.1) is 5.92 Å². The number of likely N-dealkylation sites (tertiary alicyclic amines) is 1. The molecule has 0 saturated carbocycles. The Morgan fingerprint density at radius 3 is 2.56 bits per heavy atom. The average molecular weight is 246 g/mol. The molecule has 1 aromatic carbocycles. The number of nitrogen functional groups attached to an aromatic ring is 1. The summed E-state index contributed by atoms with van der Waals surface area (Å²) >= 11 is 0. The highest BCUT2D eigenvalue weighted by Gasteiger charge is 2.29. The number of benzene rings is 1. The maximum Gasteiger partial charge on any atom is 0.223 e. The van der Waals surface area contributed by atoms with Gasteiger partial charge in [-0.25, -0.2) is 0 Å². The predicted octanol–water partition coefficient (Wildman–Crippen LogP) is 2.46. The average Bonchev–Trinajstić information content (AvgIpc) is 2.67. The van der Waals surface area contributed by atoms with E-state index in [9.17, 15) is 4.79 Å². The van der Waals surface area contributed by atoms with Crippen LogP contribution < -0.4 is 5.73 Å². The van der Waals surface area contributed by atoms with E-state index in [0.717, 1.165) is 25.1 Å². The van der Waals surface area contributed by atoms with Crippen molar-refractivity contribution in [1.29, 1.82) is 0 Å². The molecular weight excluding hydrogens is 224 g/mol. The third kappa shape index (κ3) is 3.03. The number of hydrogen-bond acceptors (Lipinski definition) is 2. The van der Waals surface area contributed by atoms with Crippen LogP contribution in [0.4, 0.5) is 5.69 Å². The van der Waals surface area contributed by atoms with Crippen molar-refractivity contribution in [3.8, 4) is 0 Å². The zero-order chi connectivity index (χ0) is 13.1. The molecule has 3 heteroatoms. The van der Waals surface area contributed by atoms with Gasteiger partial charge in [0.05, 0.1) is 0 Å². The number of carbonyl (C=O) groups is 1. The van der Waals surface area contributed by atoms with Crippen LogP contribution in [0.15, 0.2) is 24.3 Å². The highest BCUT2D eigenvalue weighted by atomic mass is 16.2. The number of amides is 1. The molecule has 1 aliphatic heterocycles. The molecule has 0 radical (unpaired) electrons. The second-order valence-corrected chi connectivity index (χ2v) is 5.48. The molecule has 98 valence electrons. The standard InChI is InChI=1S/C15H22N2O/c1-11-9-12(2)17(10-11)15(18)8-5-13-3-6-14(16)7-4-13/h3-4,6-7,11-12H,5,8-10,16H2,1-2H3. The normalized spacial score (nSPS) is 23.3. The largest absolute Gasteiger partial charge is 0.399 e. The number of anilines is 1. The Bertz CT molecular complexity index is 413. The third-order valence-electron chi connectivity index (χ3n) is 3.71. The molecule has 1 aliphatic rings. The smallest absolute Gasteiger partial charge is 0.223 e. The fourth-order valence-electron chi connectivity index (χ4n) is 2.73. The van der Waals surface area contributed by atoms with Crippen molar-refractivity contribution in [1.82, 2.24) is 4.90 Å². The maximum absolute atomic E-state index is 12.1. The molecular formula is C15H22N2O. The van der Waals surface area contributed by atoms with Gasteiger partial charge in [0.25, 0.3) is 0 Å². The molecule has 0 spiro atoms. The molecule has 2 unspecified atom stereocenters. The van der Waals surface area contributed by atoms with E-state index in [2.05, 4.69) is 13.8 Å². The van der Waals surface area contributed by atoms with E-state index >= 15 is 0 Å². The summed E-state index contributed by atoms with van der Waals surface area (Å²) in [4.78, 5) is 14.2. The summed E-state index contributed by atoms with van der Waals surface area (Å²) in [6.07, 6.45) is 2.53. The Kier molecular flexibility index (Phi) is 3.90. The Morgan fingerprint density at radius 1 is 1.33 bits per heavy atom. The Balaban J connectivity index is 1.86. The van der Waals surface area contributed by atoms with Gasteiger partial charge in [0, 0.05) is 24.7 Å². The first-order chi connectivity index (χ1) is 8.56. The highest BCUT2D eigenvalue weighted by molar-refractivity contribution is 5.77. The van der Waals surface area contributed by atoms with Crippen molar-refractivity contribution in [2.75, 3.05) is 12.3 Å². The van der Waals surface area contributed by atoms with Gasteiger partial charge in [-0.05, 0) is 43.4 Å². The molecule has 1 fully saturated rings. The third-order valence-corrected chi connectivity index (χ3v) is 3.71. The first kappa shape index (κ1) is 12.9. The van der Waals surface area contributed by atoms with Crippen LogP contribution in [0.25, 0.3) is 0 Å². The van der Waals surface area contributed by atoms with Crippen LogP contribution in [-0.4, -0.2) is 23.4 Å². The lowest BCUT2D eigenvalue weighted by atomic mass is 10.1. The van der Waals surface area contributed by atoms with Crippen LogP contribution >= 0.6 is 0 Å². The van der Waals surface area contributed by atoms with Crippen LogP contribution in [0.5, 0.6) is 0 Å². The molecule has 1 aromatic rings. The van der Waals surface area contributed by atoms with Crippen molar-refractivity contribution in [2.45, 2.75) is 39.2 Å². The first-order valence-corrected chi connectivity index (χ1v) is 6.70. The lowest BCUT2D eigenvalue weighted by Crippen LogP contribution is -2.34. The molecule has 1 amide bonds. The minimum atomic E-state index is 0.281. The minimum Gasteiger partial charge on any atom is -0.399 e. The van der Waals surface area contributed by atoms with E-state index in [-0.39, 0.29) is 5.91 Å². The summed E-state index contributed by atoms with van der Waals surface area (Å²) in [5.41, 5.74) is 7.59. The highest BCUT2D eigenvalue weighted by Crippen LogP contribution is 2.23. The van der Waals surface area contributed by atoms with Crippen molar-refractivity contribution in [2.24, 2.45) is 5.92 Å². The van der Waals surface area contributed by atoms with Gasteiger partial charge >= 0.3 is 0 Å². The zero-order valence-corrected chi connectivity index (χ0v) is 11.2. The van der Waals surface area contributed by atoms with Gasteiger partial charge in [-0.3, -0.25) is 4.79 Å². The molecule has 1 heterocycles. The van der Waals surface area contributed by atoms with Gasteiger partial charge in [-0.15, -0.1) is 0 Å². The molecule has 3 nitrogen and oxygen atoms in total. The van der Waals surface area contributed by atoms with E-state index in [1.165, 1.54) is 5.56 Å². The molecule has 2 N–H and O–H groups in total. The van der Waals surface area contributed by atoms with E-state index in [4.69, 9.17) is 5.73 Å². The Hall–Kier alpha value is -1.51. The van der Waals surface area contributed by atoms with E-state index in [0.29, 0.717) is 18.4 Å². The first-order valence-electron chi connectivity index (χ1n) is 6.70. The van der Waals surface area contributed by atoms with Crippen molar-refractivity contribution >= 4 is 11.6 Å². The SMILES string of the molecule is CC1CC(C)N(C(=O)CCc2ccc(N)cc2)C1. The van der Waals surface area contributed by atoms with Gasteiger partial charge in [0.1, 0.15) is 0 Å². The molecule has 18 heavy (non-hydrogen) atoms. The summed E-state index contributed by atoms with van der Waals surface area (Å²) in [6, 6.07) is 8.18. The molecule has 2 rings (SSSR count). The molecule has 2 atom stereocenters. The minimum absolute atomic E-state index is 0.281. The van der Waals surface area contributed by atoms with Gasteiger partial charge in [0.15, 0.2) is 0 Å². The molecule has 0 aromatic heterocycles. The van der Waals surface area contributed by atoms with Gasteiger partial charge < -0.3 is 10.6 Å². The number of nitrogens with two attached hydrogens (primary N) is 1. The number of carbonyl (C=O) groups excluding carboxylic acids is 1. The van der Waals surface area contributed by atoms with Crippen LogP contribution in [0.1, 0.15) is 32.3 Å². The van der Waals surface area contributed by atoms with Crippen LogP contribution in [0.2, 0.25) is 0 Å². The van der Waals surface area contributed by atoms with E-state index in [1.54, 1.807) is 0 Å². The summed E-state index contributed by atoms with van der Waals surface area (Å²) < 4.78 is 0. The zero-order valence-electron chi connectivity index (χ0n) is 11.2. The van der Waals surface area contributed by atoms with Gasteiger partial charge in [0.2, 0.25) is 5.91 Å². The van der Waals surface area contributed by atoms with Gasteiger partial charge in [-0.1, -0.05) is 19.1 Å². The summed E-state index contributed by atoms with van der Waals surface area (Å²) in [7, 11) is 0. The van der Waals surface area contributed by atoms with Crippen molar-refractivity contribution < 1.29 is 4.79 Å². The second-order valence-electron chi connectivity index (χ2n) is 5.48. The quantitative estimate of drug-likeness (QED) is 0.833. The van der Waals surface area contributed by atoms with E-state index < -0.39 is 0 Å². The second kappa shape index (κ2) is 5.42. The summed E-state index contributed by atoms with van der Waals surface area (Å²) in [5, 5.41) is 0. The Labute approximate surface area is 109 Å². The number of hydrogen-bond donors (Lipinski definition) is 1. The molecule has 1 saturated heterocycles. The van der Waals surface area contributed by atoms with Crippen LogP contribution in [0.3, 0.4) is 0 Å². The number of nitrogens with zero attached hydrogens (tertiary/aromatic N) is 1. The van der Waals surface area contributed by atoms with E-state index in [1.807, 2.05) is 29.2 Å². The molecule has 0 bridgehead atoms. The van der Waals surface area contributed by atoms with Gasteiger partial charge in [-0.2, -0.15) is 0 Å².